The normalized spacial score (nSPS) is 17.0. The Morgan fingerprint density at radius 3 is 2.89 bits per heavy atom. The Morgan fingerprint density at radius 2 is 2.16 bits per heavy atom. The summed E-state index contributed by atoms with van der Waals surface area (Å²) in [7, 11) is 2.03. The molecule has 0 aliphatic heterocycles. The average Bonchev–Trinajstić information content (AvgIpc) is 3.16. The van der Waals surface area contributed by atoms with Crippen molar-refractivity contribution in [2.75, 3.05) is 13.6 Å². The number of nitrogens with zero attached hydrogens (tertiary/aromatic N) is 1. The molecule has 1 aliphatic rings. The second kappa shape index (κ2) is 4.82. The summed E-state index contributed by atoms with van der Waals surface area (Å²) in [6.45, 7) is 2.67. The van der Waals surface area contributed by atoms with Crippen LogP contribution in [0, 0.1) is 5.92 Å². The summed E-state index contributed by atoms with van der Waals surface area (Å²) in [6.07, 6.45) is 4.19. The summed E-state index contributed by atoms with van der Waals surface area (Å²) >= 11 is 0. The Kier molecular flexibility index (Phi) is 3.15. The second-order valence-electron chi connectivity index (χ2n) is 5.56. The van der Waals surface area contributed by atoms with E-state index in [-0.39, 0.29) is 5.78 Å². The summed E-state index contributed by atoms with van der Waals surface area (Å²) in [4.78, 5) is 14.5. The van der Waals surface area contributed by atoms with E-state index in [9.17, 15) is 4.79 Å². The average molecular weight is 257 g/mol. The lowest BCUT2D eigenvalue weighted by Gasteiger charge is -2.23. The SMILES string of the molecule is CC(C1CC1)N(C)CC(=O)c1coc2ccccc12. The van der Waals surface area contributed by atoms with E-state index in [1.807, 2.05) is 31.3 Å². The highest BCUT2D eigenvalue weighted by Gasteiger charge is 2.31. The second-order valence-corrected chi connectivity index (χ2v) is 5.56. The molecule has 2 aromatic rings. The molecule has 3 heteroatoms. The molecule has 0 saturated heterocycles. The van der Waals surface area contributed by atoms with Crippen molar-refractivity contribution < 1.29 is 9.21 Å². The van der Waals surface area contributed by atoms with Crippen LogP contribution in [0.3, 0.4) is 0 Å². The maximum absolute atomic E-state index is 12.4. The van der Waals surface area contributed by atoms with Crippen molar-refractivity contribution in [3.8, 4) is 0 Å². The Labute approximate surface area is 113 Å². The summed E-state index contributed by atoms with van der Waals surface area (Å²) in [5.74, 6) is 0.916. The zero-order valence-corrected chi connectivity index (χ0v) is 11.4. The molecule has 0 amide bonds. The number of para-hydroxylation sites is 1. The first-order valence-corrected chi connectivity index (χ1v) is 6.86. The summed E-state index contributed by atoms with van der Waals surface area (Å²) < 4.78 is 5.43. The Balaban J connectivity index is 1.76. The highest BCUT2D eigenvalue weighted by molar-refractivity contribution is 6.08. The van der Waals surface area contributed by atoms with E-state index in [0.717, 1.165) is 16.9 Å². The first-order valence-electron chi connectivity index (χ1n) is 6.86. The molecule has 1 fully saturated rings. The van der Waals surface area contributed by atoms with E-state index in [1.54, 1.807) is 6.26 Å². The third-order valence-corrected chi connectivity index (χ3v) is 4.17. The molecule has 0 radical (unpaired) electrons. The molecule has 100 valence electrons. The number of hydrogen-bond donors (Lipinski definition) is 0. The highest BCUT2D eigenvalue weighted by atomic mass is 16.3. The summed E-state index contributed by atoms with van der Waals surface area (Å²) in [6, 6.07) is 8.17. The number of benzene rings is 1. The number of ketones is 1. The van der Waals surface area contributed by atoms with Gasteiger partial charge in [-0.05, 0) is 38.8 Å². The van der Waals surface area contributed by atoms with Gasteiger partial charge >= 0.3 is 0 Å². The number of Topliss-reactive ketones (excluding diaryl/α,β-unsaturated/α-hetero) is 1. The van der Waals surface area contributed by atoms with Crippen molar-refractivity contribution in [2.45, 2.75) is 25.8 Å². The van der Waals surface area contributed by atoms with Gasteiger partial charge in [-0.2, -0.15) is 0 Å². The minimum Gasteiger partial charge on any atom is -0.464 e. The quantitative estimate of drug-likeness (QED) is 0.770. The van der Waals surface area contributed by atoms with Crippen LogP contribution in [0.25, 0.3) is 11.0 Å². The zero-order valence-electron chi connectivity index (χ0n) is 11.4. The molecule has 0 spiro atoms. The van der Waals surface area contributed by atoms with Crippen LogP contribution in [0.5, 0.6) is 0 Å². The van der Waals surface area contributed by atoms with Crippen LogP contribution < -0.4 is 0 Å². The number of fused-ring (bicyclic) bond motifs is 1. The Hall–Kier alpha value is -1.61. The lowest BCUT2D eigenvalue weighted by Crippen LogP contribution is -2.35. The predicted octanol–water partition coefficient (Wildman–Crippen LogP) is 3.35. The maximum Gasteiger partial charge on any atom is 0.180 e. The zero-order chi connectivity index (χ0) is 13.4. The number of carbonyl (C=O) groups excluding carboxylic acids is 1. The van der Waals surface area contributed by atoms with Gasteiger partial charge in [0, 0.05) is 11.4 Å². The molecule has 19 heavy (non-hydrogen) atoms. The fraction of sp³-hybridized carbons (Fsp3) is 0.438. The fourth-order valence-electron chi connectivity index (χ4n) is 2.59. The van der Waals surface area contributed by atoms with E-state index in [1.165, 1.54) is 12.8 Å². The van der Waals surface area contributed by atoms with Gasteiger partial charge in [0.25, 0.3) is 0 Å². The lowest BCUT2D eigenvalue weighted by molar-refractivity contribution is 0.0918. The molecule has 1 unspecified atom stereocenters. The van der Waals surface area contributed by atoms with Gasteiger partial charge in [0.2, 0.25) is 0 Å². The van der Waals surface area contributed by atoms with Crippen molar-refractivity contribution >= 4 is 16.8 Å². The van der Waals surface area contributed by atoms with Gasteiger partial charge in [-0.1, -0.05) is 18.2 Å². The first kappa shape index (κ1) is 12.4. The van der Waals surface area contributed by atoms with Crippen molar-refractivity contribution in [1.29, 1.82) is 0 Å². The molecule has 3 rings (SSSR count). The molecule has 1 saturated carbocycles. The number of rotatable bonds is 5. The molecule has 1 atom stereocenters. The van der Waals surface area contributed by atoms with Crippen LogP contribution in [0.15, 0.2) is 34.9 Å². The van der Waals surface area contributed by atoms with Gasteiger partial charge in [0.15, 0.2) is 5.78 Å². The molecule has 1 aromatic heterocycles. The third kappa shape index (κ3) is 2.43. The number of likely N-dealkylation sites (N-methyl/N-ethyl adjacent to an activating group) is 1. The number of carbonyl (C=O) groups is 1. The van der Waals surface area contributed by atoms with Crippen LogP contribution in [-0.2, 0) is 0 Å². The van der Waals surface area contributed by atoms with Gasteiger partial charge in [-0.3, -0.25) is 9.69 Å². The minimum absolute atomic E-state index is 0.139. The van der Waals surface area contributed by atoms with E-state index in [4.69, 9.17) is 4.42 Å². The molecule has 1 heterocycles. The lowest BCUT2D eigenvalue weighted by atomic mass is 10.1. The topological polar surface area (TPSA) is 33.5 Å². The van der Waals surface area contributed by atoms with E-state index < -0.39 is 0 Å². The molecular formula is C16H19NO2. The van der Waals surface area contributed by atoms with Crippen LogP contribution in [-0.4, -0.2) is 30.3 Å². The van der Waals surface area contributed by atoms with Crippen molar-refractivity contribution in [1.82, 2.24) is 4.90 Å². The third-order valence-electron chi connectivity index (χ3n) is 4.17. The van der Waals surface area contributed by atoms with Crippen LogP contribution >= 0.6 is 0 Å². The van der Waals surface area contributed by atoms with Gasteiger partial charge in [-0.15, -0.1) is 0 Å². The van der Waals surface area contributed by atoms with Gasteiger partial charge in [0.1, 0.15) is 11.8 Å². The number of furan rings is 1. The molecule has 1 aliphatic carbocycles. The largest absolute Gasteiger partial charge is 0.464 e. The molecule has 0 bridgehead atoms. The van der Waals surface area contributed by atoms with E-state index >= 15 is 0 Å². The highest BCUT2D eigenvalue weighted by Crippen LogP contribution is 2.34. The van der Waals surface area contributed by atoms with Crippen molar-refractivity contribution in [3.05, 3.63) is 36.1 Å². The maximum atomic E-state index is 12.4. The monoisotopic (exact) mass is 257 g/mol. The van der Waals surface area contributed by atoms with E-state index in [0.29, 0.717) is 18.2 Å². The minimum atomic E-state index is 0.139. The number of hydrogen-bond acceptors (Lipinski definition) is 3. The molecule has 3 nitrogen and oxygen atoms in total. The van der Waals surface area contributed by atoms with Crippen molar-refractivity contribution in [2.24, 2.45) is 5.92 Å². The van der Waals surface area contributed by atoms with Gasteiger partial charge < -0.3 is 4.42 Å². The Morgan fingerprint density at radius 1 is 1.42 bits per heavy atom. The fourth-order valence-corrected chi connectivity index (χ4v) is 2.59. The first-order chi connectivity index (χ1) is 9.16. The standard InChI is InChI=1S/C16H19NO2/c1-11(12-7-8-12)17(2)9-15(18)14-10-19-16-6-4-3-5-13(14)16/h3-6,10-12H,7-9H2,1-2H3. The summed E-state index contributed by atoms with van der Waals surface area (Å²) in [5.41, 5.74) is 1.48. The van der Waals surface area contributed by atoms with Gasteiger partial charge in [0.05, 0.1) is 12.1 Å². The predicted molar refractivity (Wildman–Crippen MR) is 75.4 cm³/mol. The van der Waals surface area contributed by atoms with E-state index in [2.05, 4.69) is 11.8 Å². The van der Waals surface area contributed by atoms with Crippen LogP contribution in [0.1, 0.15) is 30.1 Å². The van der Waals surface area contributed by atoms with Crippen LogP contribution in [0.4, 0.5) is 0 Å². The van der Waals surface area contributed by atoms with Gasteiger partial charge in [-0.25, -0.2) is 0 Å². The molecule has 1 aromatic carbocycles. The summed E-state index contributed by atoms with van der Waals surface area (Å²) in [5, 5.41) is 0.917. The Bertz CT molecular complexity index is 598. The van der Waals surface area contributed by atoms with Crippen LogP contribution in [0.2, 0.25) is 0 Å². The van der Waals surface area contributed by atoms with Crippen molar-refractivity contribution in [3.63, 3.8) is 0 Å². The molecular weight excluding hydrogens is 238 g/mol. The molecule has 0 N–H and O–H groups in total. The smallest absolute Gasteiger partial charge is 0.180 e.